The van der Waals surface area contributed by atoms with Crippen LogP contribution in [0.2, 0.25) is 5.02 Å². The standard InChI is InChI=1S/C12H14ClNO3/c1-3-8(2)14-17-7-10-9(12(15)16)5-4-6-11(10)13/h4-6H,3,7H2,1-2H3,(H,15,16). The van der Waals surface area contributed by atoms with E-state index in [1.165, 1.54) is 6.07 Å². The number of rotatable bonds is 5. The molecule has 1 aromatic rings. The second-order valence-corrected chi connectivity index (χ2v) is 3.93. The lowest BCUT2D eigenvalue weighted by atomic mass is 10.1. The quantitative estimate of drug-likeness (QED) is 0.648. The van der Waals surface area contributed by atoms with E-state index < -0.39 is 5.97 Å². The lowest BCUT2D eigenvalue weighted by molar-refractivity contribution is 0.0688. The molecule has 0 radical (unpaired) electrons. The van der Waals surface area contributed by atoms with Gasteiger partial charge in [-0.05, 0) is 25.5 Å². The van der Waals surface area contributed by atoms with Crippen LogP contribution in [0, 0.1) is 0 Å². The van der Waals surface area contributed by atoms with Gasteiger partial charge in [0, 0.05) is 10.6 Å². The highest BCUT2D eigenvalue weighted by atomic mass is 35.5. The van der Waals surface area contributed by atoms with Gasteiger partial charge >= 0.3 is 5.97 Å². The molecule has 1 aromatic carbocycles. The fourth-order valence-corrected chi connectivity index (χ4v) is 1.41. The molecule has 92 valence electrons. The average molecular weight is 256 g/mol. The van der Waals surface area contributed by atoms with Gasteiger partial charge < -0.3 is 9.94 Å². The van der Waals surface area contributed by atoms with Crippen molar-refractivity contribution in [3.8, 4) is 0 Å². The van der Waals surface area contributed by atoms with Crippen LogP contribution in [0.3, 0.4) is 0 Å². The lowest BCUT2D eigenvalue weighted by Gasteiger charge is -2.07. The molecule has 0 saturated heterocycles. The third-order valence-electron chi connectivity index (χ3n) is 2.29. The van der Waals surface area contributed by atoms with Crippen LogP contribution in [0.1, 0.15) is 36.2 Å². The van der Waals surface area contributed by atoms with Crippen LogP contribution in [-0.2, 0) is 11.4 Å². The molecule has 5 heteroatoms. The van der Waals surface area contributed by atoms with Gasteiger partial charge in [-0.3, -0.25) is 0 Å². The van der Waals surface area contributed by atoms with Crippen molar-refractivity contribution in [2.24, 2.45) is 5.16 Å². The van der Waals surface area contributed by atoms with Gasteiger partial charge in [0.15, 0.2) is 0 Å². The van der Waals surface area contributed by atoms with Crippen LogP contribution in [-0.4, -0.2) is 16.8 Å². The molecule has 17 heavy (non-hydrogen) atoms. The molecule has 0 bridgehead atoms. The fraction of sp³-hybridized carbons (Fsp3) is 0.333. The van der Waals surface area contributed by atoms with Gasteiger partial charge in [0.05, 0.1) is 11.3 Å². The molecule has 0 unspecified atom stereocenters. The molecule has 0 aliphatic carbocycles. The Balaban J connectivity index is 2.86. The number of oxime groups is 1. The molecule has 0 aliphatic heterocycles. The summed E-state index contributed by atoms with van der Waals surface area (Å²) in [6, 6.07) is 4.71. The Morgan fingerprint density at radius 2 is 2.24 bits per heavy atom. The number of nitrogens with zero attached hydrogens (tertiary/aromatic N) is 1. The summed E-state index contributed by atoms with van der Waals surface area (Å²) >= 11 is 5.93. The number of carbonyl (C=O) groups is 1. The van der Waals surface area contributed by atoms with Gasteiger partial charge in [-0.25, -0.2) is 4.79 Å². The molecule has 0 amide bonds. The highest BCUT2D eigenvalue weighted by Crippen LogP contribution is 2.21. The van der Waals surface area contributed by atoms with E-state index in [1.54, 1.807) is 12.1 Å². The van der Waals surface area contributed by atoms with Crippen molar-refractivity contribution in [2.75, 3.05) is 0 Å². The first kappa shape index (κ1) is 13.5. The minimum absolute atomic E-state index is 0.0542. The second-order valence-electron chi connectivity index (χ2n) is 3.52. The Morgan fingerprint density at radius 1 is 1.53 bits per heavy atom. The molecule has 0 atom stereocenters. The summed E-state index contributed by atoms with van der Waals surface area (Å²) in [6.07, 6.45) is 0.786. The highest BCUT2D eigenvalue weighted by molar-refractivity contribution is 6.31. The Kier molecular flexibility index (Phi) is 4.97. The van der Waals surface area contributed by atoms with Crippen LogP contribution >= 0.6 is 11.6 Å². The summed E-state index contributed by atoms with van der Waals surface area (Å²) in [5, 5.41) is 13.2. The Morgan fingerprint density at radius 3 is 2.82 bits per heavy atom. The van der Waals surface area contributed by atoms with Crippen LogP contribution in [0.25, 0.3) is 0 Å². The van der Waals surface area contributed by atoms with Gasteiger partial charge in [-0.15, -0.1) is 0 Å². The predicted molar refractivity (Wildman–Crippen MR) is 66.6 cm³/mol. The summed E-state index contributed by atoms with van der Waals surface area (Å²) in [6.45, 7) is 3.85. The van der Waals surface area contributed by atoms with E-state index in [0.29, 0.717) is 10.6 Å². The minimum atomic E-state index is -1.03. The number of aromatic carboxylic acids is 1. The van der Waals surface area contributed by atoms with Crippen molar-refractivity contribution in [1.29, 1.82) is 0 Å². The average Bonchev–Trinajstić information content (AvgIpc) is 2.30. The first-order valence-corrected chi connectivity index (χ1v) is 5.60. The third-order valence-corrected chi connectivity index (χ3v) is 2.64. The molecule has 0 fully saturated rings. The summed E-state index contributed by atoms with van der Waals surface area (Å²) in [5.41, 5.74) is 1.42. The summed E-state index contributed by atoms with van der Waals surface area (Å²) in [4.78, 5) is 16.1. The van der Waals surface area contributed by atoms with Crippen LogP contribution < -0.4 is 0 Å². The smallest absolute Gasteiger partial charge is 0.336 e. The Bertz CT molecular complexity index is 443. The van der Waals surface area contributed by atoms with Crippen molar-refractivity contribution >= 4 is 23.3 Å². The van der Waals surface area contributed by atoms with E-state index in [9.17, 15) is 4.79 Å². The Labute approximate surface area is 105 Å². The molecule has 1 rings (SSSR count). The largest absolute Gasteiger partial charge is 0.478 e. The van der Waals surface area contributed by atoms with E-state index in [1.807, 2.05) is 13.8 Å². The van der Waals surface area contributed by atoms with Crippen molar-refractivity contribution in [3.05, 3.63) is 34.3 Å². The number of hydrogen-bond donors (Lipinski definition) is 1. The zero-order chi connectivity index (χ0) is 12.8. The van der Waals surface area contributed by atoms with Gasteiger partial charge in [0.25, 0.3) is 0 Å². The van der Waals surface area contributed by atoms with Gasteiger partial charge in [0.2, 0.25) is 0 Å². The number of hydrogen-bond acceptors (Lipinski definition) is 3. The summed E-state index contributed by atoms with van der Waals surface area (Å²) in [7, 11) is 0. The first-order valence-electron chi connectivity index (χ1n) is 5.22. The van der Waals surface area contributed by atoms with Crippen LogP contribution in [0.15, 0.2) is 23.4 Å². The normalized spacial score (nSPS) is 11.4. The number of carboxylic acid groups (broad SMARTS) is 1. The second kappa shape index (κ2) is 6.25. The van der Waals surface area contributed by atoms with Crippen molar-refractivity contribution in [3.63, 3.8) is 0 Å². The van der Waals surface area contributed by atoms with E-state index in [-0.39, 0.29) is 12.2 Å². The Hall–Kier alpha value is -1.55. The molecule has 0 heterocycles. The maximum absolute atomic E-state index is 11.0. The fourth-order valence-electron chi connectivity index (χ4n) is 1.18. The SMILES string of the molecule is CCC(C)=NOCc1c(Cl)cccc1C(=O)O. The number of halogens is 1. The van der Waals surface area contributed by atoms with Crippen molar-refractivity contribution in [1.82, 2.24) is 0 Å². The molecule has 0 aromatic heterocycles. The zero-order valence-electron chi connectivity index (χ0n) is 9.74. The molecule has 0 aliphatic rings. The topological polar surface area (TPSA) is 58.9 Å². The lowest BCUT2D eigenvalue weighted by Crippen LogP contribution is -2.04. The number of benzene rings is 1. The maximum atomic E-state index is 11.0. The van der Waals surface area contributed by atoms with Crippen molar-refractivity contribution in [2.45, 2.75) is 26.9 Å². The highest BCUT2D eigenvalue weighted by Gasteiger charge is 2.13. The molecule has 1 N–H and O–H groups in total. The minimum Gasteiger partial charge on any atom is -0.478 e. The van der Waals surface area contributed by atoms with E-state index in [2.05, 4.69) is 5.16 Å². The van der Waals surface area contributed by atoms with Gasteiger partial charge in [-0.1, -0.05) is 29.7 Å². The third kappa shape index (κ3) is 3.75. The molecular weight excluding hydrogens is 242 g/mol. The van der Waals surface area contributed by atoms with E-state index >= 15 is 0 Å². The van der Waals surface area contributed by atoms with E-state index in [4.69, 9.17) is 21.5 Å². The first-order chi connectivity index (χ1) is 8.06. The maximum Gasteiger partial charge on any atom is 0.336 e. The molecule has 0 spiro atoms. The zero-order valence-corrected chi connectivity index (χ0v) is 10.5. The van der Waals surface area contributed by atoms with Crippen LogP contribution in [0.5, 0.6) is 0 Å². The predicted octanol–water partition coefficient (Wildman–Crippen LogP) is 3.34. The number of carboxylic acids is 1. The molecule has 4 nitrogen and oxygen atoms in total. The van der Waals surface area contributed by atoms with Gasteiger partial charge in [-0.2, -0.15) is 0 Å². The monoisotopic (exact) mass is 255 g/mol. The molecule has 0 saturated carbocycles. The summed E-state index contributed by atoms with van der Waals surface area (Å²) in [5.74, 6) is -1.03. The van der Waals surface area contributed by atoms with E-state index in [0.717, 1.165) is 12.1 Å². The van der Waals surface area contributed by atoms with Crippen LogP contribution in [0.4, 0.5) is 0 Å². The molecular formula is C12H14ClNO3. The van der Waals surface area contributed by atoms with Crippen molar-refractivity contribution < 1.29 is 14.7 Å². The van der Waals surface area contributed by atoms with Gasteiger partial charge in [0.1, 0.15) is 6.61 Å². The summed E-state index contributed by atoms with van der Waals surface area (Å²) < 4.78 is 0.